The molecule has 17 heavy (non-hydrogen) atoms. The van der Waals surface area contributed by atoms with Gasteiger partial charge in [-0.05, 0) is 49.2 Å². The monoisotopic (exact) mass is 249 g/mol. The molecule has 1 aromatic heterocycles. The molecule has 0 saturated carbocycles. The van der Waals surface area contributed by atoms with Gasteiger partial charge in [-0.15, -0.1) is 0 Å². The molecule has 1 aromatic carbocycles. The maximum absolute atomic E-state index is 6.15. The Labute approximate surface area is 107 Å². The lowest BCUT2D eigenvalue weighted by molar-refractivity contribution is 0.551. The van der Waals surface area contributed by atoms with Crippen LogP contribution < -0.4 is 5.32 Å². The maximum Gasteiger partial charge on any atom is 0.0935 e. The molecule has 3 heteroatoms. The summed E-state index contributed by atoms with van der Waals surface area (Å²) in [7, 11) is 1.96. The highest BCUT2D eigenvalue weighted by Crippen LogP contribution is 2.23. The van der Waals surface area contributed by atoms with Crippen molar-refractivity contribution in [3.8, 4) is 0 Å². The minimum Gasteiger partial charge on any atom is -0.472 e. The molecule has 1 heterocycles. The van der Waals surface area contributed by atoms with Crippen molar-refractivity contribution in [2.24, 2.45) is 0 Å². The van der Waals surface area contributed by atoms with E-state index in [4.69, 9.17) is 16.0 Å². The molecule has 0 fully saturated rings. The Kier molecular flexibility index (Phi) is 3.87. The van der Waals surface area contributed by atoms with Crippen molar-refractivity contribution in [1.82, 2.24) is 5.32 Å². The van der Waals surface area contributed by atoms with Crippen LogP contribution in [0.15, 0.2) is 41.2 Å². The van der Waals surface area contributed by atoms with Gasteiger partial charge >= 0.3 is 0 Å². The van der Waals surface area contributed by atoms with Gasteiger partial charge in [0.05, 0.1) is 12.5 Å². The molecule has 2 nitrogen and oxygen atoms in total. The zero-order valence-electron chi connectivity index (χ0n) is 10.0. The van der Waals surface area contributed by atoms with Crippen molar-refractivity contribution < 1.29 is 4.42 Å². The number of hydrogen-bond acceptors (Lipinski definition) is 2. The SMILES string of the molecule is CNC(Cc1ccoc1)c1ccc(C)c(Cl)c1. The van der Waals surface area contributed by atoms with E-state index in [2.05, 4.69) is 17.4 Å². The molecule has 1 unspecified atom stereocenters. The summed E-state index contributed by atoms with van der Waals surface area (Å²) < 4.78 is 5.08. The highest BCUT2D eigenvalue weighted by molar-refractivity contribution is 6.31. The first-order valence-corrected chi connectivity index (χ1v) is 6.03. The number of furan rings is 1. The summed E-state index contributed by atoms with van der Waals surface area (Å²) in [4.78, 5) is 0. The van der Waals surface area contributed by atoms with Gasteiger partial charge < -0.3 is 9.73 Å². The fourth-order valence-corrected chi connectivity index (χ4v) is 2.05. The number of halogens is 1. The second-order valence-electron chi connectivity index (χ2n) is 4.19. The standard InChI is InChI=1S/C14H16ClNO/c1-10-3-4-12(8-13(10)15)14(16-2)7-11-5-6-17-9-11/h3-6,8-9,14,16H,7H2,1-2H3. The van der Waals surface area contributed by atoms with Gasteiger partial charge in [-0.25, -0.2) is 0 Å². The van der Waals surface area contributed by atoms with Gasteiger partial charge in [-0.1, -0.05) is 23.7 Å². The molecule has 90 valence electrons. The first-order chi connectivity index (χ1) is 8.20. The fourth-order valence-electron chi connectivity index (χ4n) is 1.86. The molecule has 2 rings (SSSR count). The maximum atomic E-state index is 6.15. The van der Waals surface area contributed by atoms with Crippen LogP contribution in [0.2, 0.25) is 5.02 Å². The third kappa shape index (κ3) is 2.90. The molecule has 2 aromatic rings. The smallest absolute Gasteiger partial charge is 0.0935 e. The summed E-state index contributed by atoms with van der Waals surface area (Å²) in [6.45, 7) is 2.01. The van der Waals surface area contributed by atoms with Gasteiger partial charge in [-0.3, -0.25) is 0 Å². The van der Waals surface area contributed by atoms with Gasteiger partial charge in [0.15, 0.2) is 0 Å². The van der Waals surface area contributed by atoms with Crippen LogP contribution in [-0.4, -0.2) is 7.05 Å². The molecule has 0 saturated heterocycles. The Balaban J connectivity index is 2.20. The minimum absolute atomic E-state index is 0.255. The molecule has 0 amide bonds. The number of benzene rings is 1. The van der Waals surface area contributed by atoms with E-state index in [0.29, 0.717) is 0 Å². The molecule has 1 atom stereocenters. The molecule has 0 spiro atoms. The summed E-state index contributed by atoms with van der Waals surface area (Å²) in [6, 6.07) is 8.43. The Morgan fingerprint density at radius 1 is 1.35 bits per heavy atom. The van der Waals surface area contributed by atoms with Crippen molar-refractivity contribution >= 4 is 11.6 Å². The lowest BCUT2D eigenvalue weighted by Gasteiger charge is -2.16. The molecule has 1 N–H and O–H groups in total. The van der Waals surface area contributed by atoms with Crippen LogP contribution in [0.1, 0.15) is 22.7 Å². The topological polar surface area (TPSA) is 25.2 Å². The number of likely N-dealkylation sites (N-methyl/N-ethyl adjacent to an activating group) is 1. The predicted octanol–water partition coefficient (Wildman–Crippen LogP) is 3.74. The normalized spacial score (nSPS) is 12.6. The number of rotatable bonds is 4. The third-order valence-electron chi connectivity index (χ3n) is 2.97. The van der Waals surface area contributed by atoms with Crippen LogP contribution in [0.25, 0.3) is 0 Å². The number of nitrogens with one attached hydrogen (secondary N) is 1. The van der Waals surface area contributed by atoms with Crippen LogP contribution in [0.3, 0.4) is 0 Å². The Morgan fingerprint density at radius 2 is 2.18 bits per heavy atom. The summed E-state index contributed by atoms with van der Waals surface area (Å²) >= 11 is 6.15. The second kappa shape index (κ2) is 5.39. The van der Waals surface area contributed by atoms with E-state index in [1.165, 1.54) is 11.1 Å². The van der Waals surface area contributed by atoms with Crippen molar-refractivity contribution in [3.63, 3.8) is 0 Å². The third-order valence-corrected chi connectivity index (χ3v) is 3.37. The first-order valence-electron chi connectivity index (χ1n) is 5.65. The number of aryl methyl sites for hydroxylation is 1. The Hall–Kier alpha value is -1.25. The van der Waals surface area contributed by atoms with Gasteiger partial charge in [0.1, 0.15) is 0 Å². The van der Waals surface area contributed by atoms with Crippen LogP contribution in [0.5, 0.6) is 0 Å². The number of hydrogen-bond donors (Lipinski definition) is 1. The van der Waals surface area contributed by atoms with Crippen LogP contribution in [0.4, 0.5) is 0 Å². The molecule has 0 bridgehead atoms. The second-order valence-corrected chi connectivity index (χ2v) is 4.59. The molecule has 0 aliphatic carbocycles. The molecule has 0 aliphatic rings. The molecule has 0 radical (unpaired) electrons. The average Bonchev–Trinajstić information content (AvgIpc) is 2.82. The van der Waals surface area contributed by atoms with Gasteiger partial charge in [0, 0.05) is 11.1 Å². The largest absolute Gasteiger partial charge is 0.472 e. The van der Waals surface area contributed by atoms with Crippen LogP contribution in [-0.2, 0) is 6.42 Å². The summed E-state index contributed by atoms with van der Waals surface area (Å²) in [5.74, 6) is 0. The van der Waals surface area contributed by atoms with Gasteiger partial charge in [-0.2, -0.15) is 0 Å². The Morgan fingerprint density at radius 3 is 2.76 bits per heavy atom. The quantitative estimate of drug-likeness (QED) is 0.893. The van der Waals surface area contributed by atoms with E-state index in [-0.39, 0.29) is 6.04 Å². The molecular formula is C14H16ClNO. The van der Waals surface area contributed by atoms with Crippen LogP contribution >= 0.6 is 11.6 Å². The van der Waals surface area contributed by atoms with Crippen molar-refractivity contribution in [2.45, 2.75) is 19.4 Å². The first kappa shape index (κ1) is 12.2. The zero-order chi connectivity index (χ0) is 12.3. The summed E-state index contributed by atoms with van der Waals surface area (Å²) in [5, 5.41) is 4.12. The molecular weight excluding hydrogens is 234 g/mol. The highest BCUT2D eigenvalue weighted by Gasteiger charge is 2.11. The van der Waals surface area contributed by atoms with Gasteiger partial charge in [0.25, 0.3) is 0 Å². The van der Waals surface area contributed by atoms with Gasteiger partial charge in [0.2, 0.25) is 0 Å². The fraction of sp³-hybridized carbons (Fsp3) is 0.286. The van der Waals surface area contributed by atoms with E-state index < -0.39 is 0 Å². The highest BCUT2D eigenvalue weighted by atomic mass is 35.5. The predicted molar refractivity (Wildman–Crippen MR) is 70.4 cm³/mol. The lowest BCUT2D eigenvalue weighted by atomic mass is 10.00. The van der Waals surface area contributed by atoms with E-state index in [9.17, 15) is 0 Å². The zero-order valence-corrected chi connectivity index (χ0v) is 10.8. The summed E-state index contributed by atoms with van der Waals surface area (Å²) in [6.07, 6.45) is 4.37. The minimum atomic E-state index is 0.255. The van der Waals surface area contributed by atoms with Crippen molar-refractivity contribution in [2.75, 3.05) is 7.05 Å². The lowest BCUT2D eigenvalue weighted by Crippen LogP contribution is -2.18. The Bertz CT molecular complexity index is 479. The molecule has 0 aliphatic heterocycles. The van der Waals surface area contributed by atoms with E-state index >= 15 is 0 Å². The van der Waals surface area contributed by atoms with Crippen molar-refractivity contribution in [3.05, 3.63) is 58.5 Å². The van der Waals surface area contributed by atoms with E-state index in [0.717, 1.165) is 17.0 Å². The van der Waals surface area contributed by atoms with E-state index in [1.807, 2.05) is 26.1 Å². The summed E-state index contributed by atoms with van der Waals surface area (Å²) in [5.41, 5.74) is 3.49. The van der Waals surface area contributed by atoms with E-state index in [1.54, 1.807) is 12.5 Å². The van der Waals surface area contributed by atoms with Crippen LogP contribution in [0, 0.1) is 6.92 Å². The average molecular weight is 250 g/mol. The van der Waals surface area contributed by atoms with Crippen molar-refractivity contribution in [1.29, 1.82) is 0 Å².